The second-order valence-corrected chi connectivity index (χ2v) is 5.86. The lowest BCUT2D eigenvalue weighted by Crippen LogP contribution is -2.42. The van der Waals surface area contributed by atoms with Crippen LogP contribution in [0.5, 0.6) is 0 Å². The van der Waals surface area contributed by atoms with E-state index in [1.165, 1.54) is 5.69 Å². The molecule has 1 aromatic rings. The molecule has 1 aliphatic rings. The summed E-state index contributed by atoms with van der Waals surface area (Å²) in [4.78, 5) is 14.2. The summed E-state index contributed by atoms with van der Waals surface area (Å²) in [6.45, 7) is 4.85. The van der Waals surface area contributed by atoms with Crippen LogP contribution in [0.4, 0.5) is 5.69 Å². The van der Waals surface area contributed by atoms with Gasteiger partial charge in [0, 0.05) is 37.0 Å². The maximum atomic E-state index is 11.8. The van der Waals surface area contributed by atoms with Crippen molar-refractivity contribution in [3.8, 4) is 0 Å². The monoisotopic (exact) mass is 365 g/mol. The van der Waals surface area contributed by atoms with Gasteiger partial charge in [-0.2, -0.15) is 0 Å². The number of rotatable bonds is 7. The van der Waals surface area contributed by atoms with Gasteiger partial charge in [0.15, 0.2) is 0 Å². The maximum absolute atomic E-state index is 11.8. The van der Waals surface area contributed by atoms with Crippen molar-refractivity contribution in [2.24, 2.45) is 0 Å². The van der Waals surface area contributed by atoms with Crippen molar-refractivity contribution in [2.75, 3.05) is 36.2 Å². The largest absolute Gasteiger partial charge is 0.372 e. The summed E-state index contributed by atoms with van der Waals surface area (Å²) in [5, 5.41) is 6.20. The minimum atomic E-state index is -0.00333. The van der Waals surface area contributed by atoms with Crippen LogP contribution in [-0.4, -0.2) is 43.2 Å². The Morgan fingerprint density at radius 2 is 2.09 bits per heavy atom. The van der Waals surface area contributed by atoms with Crippen LogP contribution in [-0.2, 0) is 4.79 Å². The van der Waals surface area contributed by atoms with Gasteiger partial charge in [0.05, 0.1) is 6.04 Å². The van der Waals surface area contributed by atoms with Crippen LogP contribution in [0.15, 0.2) is 30.3 Å². The number of nitrogens with one attached hydrogen (secondary N) is 2. The van der Waals surface area contributed by atoms with E-state index in [-0.39, 0.29) is 36.8 Å². The number of nitrogens with zero attached hydrogens (tertiary/aromatic N) is 1. The van der Waals surface area contributed by atoms with Crippen molar-refractivity contribution in [3.63, 3.8) is 0 Å². The fourth-order valence-corrected chi connectivity index (χ4v) is 3.22. The Balaban J connectivity index is 0.00000220. The third kappa shape index (κ3) is 6.65. The summed E-state index contributed by atoms with van der Waals surface area (Å²) in [6, 6.07) is 10.4. The summed E-state index contributed by atoms with van der Waals surface area (Å²) in [6.07, 6.45) is 0.967. The lowest BCUT2D eigenvalue weighted by molar-refractivity contribution is -0.122. The fraction of sp³-hybridized carbons (Fsp3) is 0.533. The molecule has 0 aromatic heterocycles. The molecular formula is C15H25Cl2N3OS. The van der Waals surface area contributed by atoms with Crippen LogP contribution in [0.25, 0.3) is 0 Å². The summed E-state index contributed by atoms with van der Waals surface area (Å²) < 4.78 is 0. The van der Waals surface area contributed by atoms with E-state index in [4.69, 9.17) is 0 Å². The molecule has 0 saturated carbocycles. The molecule has 2 N–H and O–H groups in total. The van der Waals surface area contributed by atoms with E-state index < -0.39 is 0 Å². The molecule has 1 aliphatic heterocycles. The van der Waals surface area contributed by atoms with E-state index in [1.807, 2.05) is 6.07 Å². The zero-order chi connectivity index (χ0) is 14.2. The first-order valence-corrected chi connectivity index (χ1v) is 8.35. The fourth-order valence-electron chi connectivity index (χ4n) is 2.28. The number of carbonyl (C=O) groups excluding carboxylic acids is 1. The molecule has 0 aliphatic carbocycles. The van der Waals surface area contributed by atoms with Gasteiger partial charge >= 0.3 is 0 Å². The molecule has 1 fully saturated rings. The first-order valence-electron chi connectivity index (χ1n) is 7.20. The van der Waals surface area contributed by atoms with Crippen LogP contribution < -0.4 is 15.5 Å². The molecular weight excluding hydrogens is 341 g/mol. The van der Waals surface area contributed by atoms with E-state index in [2.05, 4.69) is 46.7 Å². The van der Waals surface area contributed by atoms with E-state index in [1.54, 1.807) is 11.8 Å². The summed E-state index contributed by atoms with van der Waals surface area (Å²) in [5.41, 5.74) is 1.25. The van der Waals surface area contributed by atoms with E-state index in [0.29, 0.717) is 0 Å². The molecule has 126 valence electrons. The van der Waals surface area contributed by atoms with Gasteiger partial charge in [-0.05, 0) is 25.5 Å². The predicted molar refractivity (Wildman–Crippen MR) is 101 cm³/mol. The molecule has 1 amide bonds. The summed E-state index contributed by atoms with van der Waals surface area (Å²) >= 11 is 1.78. The molecule has 1 heterocycles. The summed E-state index contributed by atoms with van der Waals surface area (Å²) in [7, 11) is 0. The Kier molecular flexibility index (Phi) is 11.5. The van der Waals surface area contributed by atoms with Crippen molar-refractivity contribution in [1.82, 2.24) is 10.6 Å². The highest BCUT2D eigenvalue weighted by molar-refractivity contribution is 7.99. The van der Waals surface area contributed by atoms with Gasteiger partial charge < -0.3 is 10.2 Å². The van der Waals surface area contributed by atoms with Crippen LogP contribution >= 0.6 is 36.6 Å². The number of para-hydroxylation sites is 1. The van der Waals surface area contributed by atoms with Crippen molar-refractivity contribution >= 4 is 48.2 Å². The van der Waals surface area contributed by atoms with E-state index >= 15 is 0 Å². The number of hydrogen-bond acceptors (Lipinski definition) is 4. The minimum absolute atomic E-state index is 0. The van der Waals surface area contributed by atoms with Crippen LogP contribution in [0.1, 0.15) is 13.3 Å². The van der Waals surface area contributed by atoms with Crippen LogP contribution in [0.2, 0.25) is 0 Å². The molecule has 0 radical (unpaired) electrons. The lowest BCUT2D eigenvalue weighted by atomic mass is 10.2. The van der Waals surface area contributed by atoms with Crippen molar-refractivity contribution in [2.45, 2.75) is 19.4 Å². The maximum Gasteiger partial charge on any atom is 0.238 e. The highest BCUT2D eigenvalue weighted by Gasteiger charge is 2.21. The Hall–Kier alpha value is -0.620. The van der Waals surface area contributed by atoms with Crippen molar-refractivity contribution in [1.29, 1.82) is 0 Å². The number of anilines is 1. The molecule has 7 heteroatoms. The van der Waals surface area contributed by atoms with Gasteiger partial charge in [0.1, 0.15) is 0 Å². The van der Waals surface area contributed by atoms with Crippen molar-refractivity contribution in [3.05, 3.63) is 30.3 Å². The van der Waals surface area contributed by atoms with Crippen molar-refractivity contribution < 1.29 is 4.79 Å². The smallest absolute Gasteiger partial charge is 0.238 e. The zero-order valence-electron chi connectivity index (χ0n) is 12.8. The average molecular weight is 366 g/mol. The van der Waals surface area contributed by atoms with E-state index in [9.17, 15) is 4.79 Å². The van der Waals surface area contributed by atoms with Crippen LogP contribution in [0, 0.1) is 0 Å². The number of hydrogen-bond donors (Lipinski definition) is 2. The highest BCUT2D eigenvalue weighted by Crippen LogP contribution is 2.13. The van der Waals surface area contributed by atoms with Gasteiger partial charge in [0.25, 0.3) is 0 Å². The molecule has 1 atom stereocenters. The molecule has 4 nitrogen and oxygen atoms in total. The molecule has 2 rings (SSSR count). The van der Waals surface area contributed by atoms with Gasteiger partial charge in [-0.15, -0.1) is 36.6 Å². The number of benzene rings is 1. The second kappa shape index (κ2) is 11.9. The lowest BCUT2D eigenvalue weighted by Gasteiger charge is -2.23. The molecule has 1 saturated heterocycles. The molecule has 0 bridgehead atoms. The van der Waals surface area contributed by atoms with Gasteiger partial charge in [0.2, 0.25) is 5.91 Å². The zero-order valence-corrected chi connectivity index (χ0v) is 15.2. The topological polar surface area (TPSA) is 44.4 Å². The number of thioether (sulfide) groups is 1. The van der Waals surface area contributed by atoms with Gasteiger partial charge in [-0.25, -0.2) is 0 Å². The standard InChI is InChI=1S/C15H23N3OS.2ClH/c1-2-18(13-7-4-3-5-8-13)10-6-9-16-15(19)14-11-20-12-17-14;;/h3-5,7-8,14,17H,2,6,9-12H2,1H3,(H,16,19);2*1H. The van der Waals surface area contributed by atoms with E-state index in [0.717, 1.165) is 37.7 Å². The molecule has 1 aromatic carbocycles. The third-order valence-electron chi connectivity index (χ3n) is 3.44. The Labute approximate surface area is 149 Å². The second-order valence-electron chi connectivity index (χ2n) is 4.83. The minimum Gasteiger partial charge on any atom is -0.372 e. The Morgan fingerprint density at radius 1 is 1.36 bits per heavy atom. The molecule has 0 spiro atoms. The summed E-state index contributed by atoms with van der Waals surface area (Å²) in [5.74, 6) is 1.91. The van der Waals surface area contributed by atoms with Gasteiger partial charge in [-0.1, -0.05) is 18.2 Å². The number of amides is 1. The first kappa shape index (κ1) is 21.4. The third-order valence-corrected chi connectivity index (χ3v) is 4.38. The first-order chi connectivity index (χ1) is 9.81. The van der Waals surface area contributed by atoms with Gasteiger partial charge in [-0.3, -0.25) is 10.1 Å². The predicted octanol–water partition coefficient (Wildman–Crippen LogP) is 2.53. The number of halogens is 2. The Morgan fingerprint density at radius 3 is 2.68 bits per heavy atom. The quantitative estimate of drug-likeness (QED) is 0.728. The SMILES string of the molecule is CCN(CCCNC(=O)C1CSCN1)c1ccccc1.Cl.Cl. The Bertz CT molecular complexity index is 417. The average Bonchev–Trinajstić information content (AvgIpc) is 3.02. The highest BCUT2D eigenvalue weighted by atomic mass is 35.5. The van der Waals surface area contributed by atoms with Crippen LogP contribution in [0.3, 0.4) is 0 Å². The molecule has 1 unspecified atom stereocenters. The molecule has 22 heavy (non-hydrogen) atoms. The number of carbonyl (C=O) groups is 1. The normalized spacial score (nSPS) is 16.3.